The second-order valence-corrected chi connectivity index (χ2v) is 3.59. The molecule has 0 spiro atoms. The third-order valence-electron chi connectivity index (χ3n) is 2.35. The van der Waals surface area contributed by atoms with Crippen LogP contribution in [-0.2, 0) is 6.42 Å². The number of hydrogen-bond acceptors (Lipinski definition) is 0. The van der Waals surface area contributed by atoms with Crippen molar-refractivity contribution in [3.8, 4) is 0 Å². The van der Waals surface area contributed by atoms with Gasteiger partial charge in [-0.25, -0.2) is 0 Å². The first kappa shape index (κ1) is 10.0. The van der Waals surface area contributed by atoms with Crippen molar-refractivity contribution in [3.63, 3.8) is 0 Å². The fourth-order valence-electron chi connectivity index (χ4n) is 1.37. The van der Waals surface area contributed by atoms with Crippen molar-refractivity contribution in [2.24, 2.45) is 0 Å². The Labute approximate surface area is 81.3 Å². The number of allylic oxidation sites excluding steroid dienone is 1. The van der Waals surface area contributed by atoms with Gasteiger partial charge in [-0.1, -0.05) is 48.9 Å². The molecule has 0 aliphatic rings. The van der Waals surface area contributed by atoms with E-state index in [1.54, 1.807) is 0 Å². The van der Waals surface area contributed by atoms with Gasteiger partial charge in [-0.3, -0.25) is 0 Å². The molecule has 0 aliphatic carbocycles. The molecule has 0 N–H and O–H groups in total. The molecule has 13 heavy (non-hydrogen) atoms. The lowest BCUT2D eigenvalue weighted by atomic mass is 10.0. The highest BCUT2D eigenvalue weighted by Gasteiger charge is 1.95. The molecular formula is C13H18. The maximum Gasteiger partial charge on any atom is -0.0241 e. The van der Waals surface area contributed by atoms with Gasteiger partial charge in [0.15, 0.2) is 0 Å². The van der Waals surface area contributed by atoms with Gasteiger partial charge >= 0.3 is 0 Å². The zero-order valence-electron chi connectivity index (χ0n) is 8.64. The van der Waals surface area contributed by atoms with E-state index in [1.807, 2.05) is 0 Å². The predicted molar refractivity (Wildman–Crippen MR) is 58.9 cm³/mol. The van der Waals surface area contributed by atoms with Crippen LogP contribution in [0.5, 0.6) is 0 Å². The zero-order chi connectivity index (χ0) is 9.68. The van der Waals surface area contributed by atoms with E-state index in [-0.39, 0.29) is 0 Å². The van der Waals surface area contributed by atoms with E-state index in [1.165, 1.54) is 16.7 Å². The lowest BCUT2D eigenvalue weighted by Crippen LogP contribution is -1.87. The van der Waals surface area contributed by atoms with Crippen molar-refractivity contribution in [2.75, 3.05) is 0 Å². The molecule has 0 saturated heterocycles. The molecule has 1 aromatic carbocycles. The molecule has 0 nitrogen and oxygen atoms in total. The van der Waals surface area contributed by atoms with E-state index in [4.69, 9.17) is 0 Å². The molecule has 0 amide bonds. The van der Waals surface area contributed by atoms with Gasteiger partial charge in [-0.05, 0) is 31.7 Å². The van der Waals surface area contributed by atoms with Crippen LogP contribution in [0.3, 0.4) is 0 Å². The zero-order valence-corrected chi connectivity index (χ0v) is 8.64. The van der Waals surface area contributed by atoms with Crippen LogP contribution in [0, 0.1) is 6.92 Å². The van der Waals surface area contributed by atoms with Gasteiger partial charge in [0.1, 0.15) is 0 Å². The summed E-state index contributed by atoms with van der Waals surface area (Å²) in [6, 6.07) is 8.70. The molecule has 0 aromatic heterocycles. The molecule has 0 unspecified atom stereocenters. The molecular weight excluding hydrogens is 156 g/mol. The minimum atomic E-state index is 1.10. The van der Waals surface area contributed by atoms with E-state index in [0.717, 1.165) is 19.3 Å². The average Bonchev–Trinajstić information content (AvgIpc) is 2.14. The molecule has 0 radical (unpaired) electrons. The number of rotatable bonds is 4. The monoisotopic (exact) mass is 174 g/mol. The van der Waals surface area contributed by atoms with Crippen molar-refractivity contribution >= 4 is 0 Å². The van der Waals surface area contributed by atoms with Crippen LogP contribution in [-0.4, -0.2) is 0 Å². The maximum atomic E-state index is 4.01. The van der Waals surface area contributed by atoms with Crippen LogP contribution in [0.25, 0.3) is 0 Å². The minimum absolute atomic E-state index is 1.10. The summed E-state index contributed by atoms with van der Waals surface area (Å²) in [5.41, 5.74) is 4.12. The van der Waals surface area contributed by atoms with Crippen molar-refractivity contribution < 1.29 is 0 Å². The summed E-state index contributed by atoms with van der Waals surface area (Å²) in [4.78, 5) is 0. The van der Waals surface area contributed by atoms with Crippen LogP contribution in [0.2, 0.25) is 0 Å². The van der Waals surface area contributed by atoms with Gasteiger partial charge in [0.2, 0.25) is 0 Å². The Bertz CT molecular complexity index is 284. The molecule has 1 aromatic rings. The van der Waals surface area contributed by atoms with Gasteiger partial charge in [0, 0.05) is 0 Å². The highest BCUT2D eigenvalue weighted by molar-refractivity contribution is 5.22. The standard InChI is InChI=1S/C13H18/c1-4-11(2)8-9-13-7-5-6-12(3)10-13/h5-7,10H,2,4,8-9H2,1,3H3. The topological polar surface area (TPSA) is 0 Å². The molecule has 0 atom stereocenters. The van der Waals surface area contributed by atoms with Crippen LogP contribution >= 0.6 is 0 Å². The SMILES string of the molecule is C=C(CC)CCc1cccc(C)c1. The Morgan fingerprint density at radius 3 is 2.77 bits per heavy atom. The van der Waals surface area contributed by atoms with Crippen molar-refractivity contribution in [2.45, 2.75) is 33.1 Å². The summed E-state index contributed by atoms with van der Waals surface area (Å²) in [5.74, 6) is 0. The normalized spacial score (nSPS) is 10.0. The third kappa shape index (κ3) is 3.45. The summed E-state index contributed by atoms with van der Waals surface area (Å²) >= 11 is 0. The molecule has 0 saturated carbocycles. The summed E-state index contributed by atoms with van der Waals surface area (Å²) in [7, 11) is 0. The Balaban J connectivity index is 2.50. The lowest BCUT2D eigenvalue weighted by molar-refractivity contribution is 0.889. The van der Waals surface area contributed by atoms with E-state index in [0.29, 0.717) is 0 Å². The van der Waals surface area contributed by atoms with Gasteiger partial charge in [0.05, 0.1) is 0 Å². The van der Waals surface area contributed by atoms with E-state index in [2.05, 4.69) is 44.7 Å². The molecule has 0 fully saturated rings. The van der Waals surface area contributed by atoms with E-state index >= 15 is 0 Å². The van der Waals surface area contributed by atoms with Crippen molar-refractivity contribution in [3.05, 3.63) is 47.5 Å². The van der Waals surface area contributed by atoms with Crippen LogP contribution in [0.1, 0.15) is 30.9 Å². The van der Waals surface area contributed by atoms with Crippen LogP contribution in [0.15, 0.2) is 36.4 Å². The van der Waals surface area contributed by atoms with Crippen molar-refractivity contribution in [1.82, 2.24) is 0 Å². The largest absolute Gasteiger partial charge is 0.0999 e. The summed E-state index contributed by atoms with van der Waals surface area (Å²) in [5, 5.41) is 0. The maximum absolute atomic E-state index is 4.01. The Morgan fingerprint density at radius 2 is 2.15 bits per heavy atom. The van der Waals surface area contributed by atoms with Crippen LogP contribution < -0.4 is 0 Å². The number of hydrogen-bond donors (Lipinski definition) is 0. The van der Waals surface area contributed by atoms with Crippen molar-refractivity contribution in [1.29, 1.82) is 0 Å². The van der Waals surface area contributed by atoms with Crippen LogP contribution in [0.4, 0.5) is 0 Å². The summed E-state index contributed by atoms with van der Waals surface area (Å²) < 4.78 is 0. The number of aryl methyl sites for hydroxylation is 2. The molecule has 1 rings (SSSR count). The Kier molecular flexibility index (Phi) is 3.75. The quantitative estimate of drug-likeness (QED) is 0.607. The first-order valence-corrected chi connectivity index (χ1v) is 4.94. The van der Waals surface area contributed by atoms with Gasteiger partial charge in [-0.15, -0.1) is 0 Å². The van der Waals surface area contributed by atoms with Gasteiger partial charge in [-0.2, -0.15) is 0 Å². The lowest BCUT2D eigenvalue weighted by Gasteiger charge is -2.03. The highest BCUT2D eigenvalue weighted by Crippen LogP contribution is 2.11. The Hall–Kier alpha value is -1.04. The first-order valence-electron chi connectivity index (χ1n) is 4.94. The molecule has 0 aliphatic heterocycles. The summed E-state index contributed by atoms with van der Waals surface area (Å²) in [6.45, 7) is 8.31. The predicted octanol–water partition coefficient (Wildman–Crippen LogP) is 3.89. The molecule has 0 heterocycles. The number of benzene rings is 1. The molecule has 70 valence electrons. The second kappa shape index (κ2) is 4.86. The van der Waals surface area contributed by atoms with E-state index < -0.39 is 0 Å². The smallest absolute Gasteiger partial charge is 0.0241 e. The fourth-order valence-corrected chi connectivity index (χ4v) is 1.37. The second-order valence-electron chi connectivity index (χ2n) is 3.59. The first-order chi connectivity index (χ1) is 6.22. The average molecular weight is 174 g/mol. The molecule has 0 heteroatoms. The van der Waals surface area contributed by atoms with E-state index in [9.17, 15) is 0 Å². The minimum Gasteiger partial charge on any atom is -0.0999 e. The molecule has 0 bridgehead atoms. The summed E-state index contributed by atoms with van der Waals surface area (Å²) in [6.07, 6.45) is 3.36. The van der Waals surface area contributed by atoms with Gasteiger partial charge in [0.25, 0.3) is 0 Å². The third-order valence-corrected chi connectivity index (χ3v) is 2.35. The highest BCUT2D eigenvalue weighted by atomic mass is 14.0. The Morgan fingerprint density at radius 1 is 1.38 bits per heavy atom. The van der Waals surface area contributed by atoms with Gasteiger partial charge < -0.3 is 0 Å². The fraction of sp³-hybridized carbons (Fsp3) is 0.385.